The Kier molecular flexibility index (Phi) is 6.01. The molecular weight excluding hydrogens is 506 g/mol. The van der Waals surface area contributed by atoms with Gasteiger partial charge in [0.1, 0.15) is 39.7 Å². The van der Waals surface area contributed by atoms with Crippen LogP contribution >= 0.6 is 0 Å². The summed E-state index contributed by atoms with van der Waals surface area (Å²) in [6, 6.07) is 7.19. The van der Waals surface area contributed by atoms with Gasteiger partial charge in [-0.25, -0.2) is 0 Å². The molecule has 2 heterocycles. The standard InChI is InChI=1S/C28H25N3O8/c1-12-23(34)21(14(3)32)25-22(24(12)35)28(4)18(38-25)10-16(33)20(26(28)36)13(2)29-11-19-30-27(31-39-19)15-8-6-7-9-17(15)37-5/h6-10,29,34-35H,11H2,1-5H3/b20-13+/t28-/m0/s1. The first kappa shape index (κ1) is 25.7. The molecule has 2 aliphatic rings. The number of allylic oxidation sites excluding steroid dienone is 4. The molecule has 11 nitrogen and oxygen atoms in total. The second-order valence-corrected chi connectivity index (χ2v) is 9.45. The highest BCUT2D eigenvalue weighted by molar-refractivity contribution is 6.31. The molecule has 0 amide bonds. The van der Waals surface area contributed by atoms with Gasteiger partial charge in [-0.15, -0.1) is 0 Å². The lowest BCUT2D eigenvalue weighted by molar-refractivity contribution is -0.123. The quantitative estimate of drug-likeness (QED) is 0.243. The van der Waals surface area contributed by atoms with Crippen LogP contribution in [0.3, 0.4) is 0 Å². The van der Waals surface area contributed by atoms with Crippen molar-refractivity contribution < 1.29 is 38.6 Å². The van der Waals surface area contributed by atoms with E-state index in [4.69, 9.17) is 14.0 Å². The number of phenolic OH excluding ortho intramolecular Hbond substituents is 2. The third kappa shape index (κ3) is 3.77. The van der Waals surface area contributed by atoms with E-state index in [9.17, 15) is 24.6 Å². The van der Waals surface area contributed by atoms with Crippen molar-refractivity contribution in [2.45, 2.75) is 39.7 Å². The number of para-hydroxylation sites is 1. The predicted molar refractivity (Wildman–Crippen MR) is 136 cm³/mol. The van der Waals surface area contributed by atoms with Crippen molar-refractivity contribution >= 4 is 17.3 Å². The van der Waals surface area contributed by atoms with Crippen LogP contribution in [-0.2, 0) is 21.5 Å². The van der Waals surface area contributed by atoms with E-state index in [1.54, 1.807) is 19.1 Å². The van der Waals surface area contributed by atoms with E-state index in [0.29, 0.717) is 17.1 Å². The van der Waals surface area contributed by atoms with Crippen molar-refractivity contribution in [1.29, 1.82) is 0 Å². The van der Waals surface area contributed by atoms with Crippen molar-refractivity contribution in [1.82, 2.24) is 15.5 Å². The molecule has 200 valence electrons. The summed E-state index contributed by atoms with van der Waals surface area (Å²) < 4.78 is 16.4. The summed E-state index contributed by atoms with van der Waals surface area (Å²) in [5.41, 5.74) is -0.993. The highest BCUT2D eigenvalue weighted by atomic mass is 16.5. The van der Waals surface area contributed by atoms with Gasteiger partial charge in [-0.05, 0) is 39.8 Å². The van der Waals surface area contributed by atoms with Crippen LogP contribution in [0.15, 0.2) is 51.9 Å². The normalized spacial score (nSPS) is 19.2. The topological polar surface area (TPSA) is 161 Å². The summed E-state index contributed by atoms with van der Waals surface area (Å²) >= 11 is 0. The zero-order chi connectivity index (χ0) is 28.2. The maximum atomic E-state index is 13.9. The van der Waals surface area contributed by atoms with Gasteiger partial charge in [-0.3, -0.25) is 14.4 Å². The Bertz CT molecular complexity index is 1650. The van der Waals surface area contributed by atoms with Crippen molar-refractivity contribution in [3.8, 4) is 34.4 Å². The molecule has 3 aromatic rings. The molecule has 0 spiro atoms. The number of carbonyl (C=O) groups excluding carboxylic acids is 3. The van der Waals surface area contributed by atoms with Crippen LogP contribution in [0.5, 0.6) is 23.0 Å². The maximum absolute atomic E-state index is 13.9. The number of hydrogen-bond acceptors (Lipinski definition) is 11. The Labute approximate surface area is 222 Å². The number of carbonyl (C=O) groups is 3. The number of nitrogens with zero attached hydrogens (tertiary/aromatic N) is 2. The molecule has 0 bridgehead atoms. The first-order valence-electron chi connectivity index (χ1n) is 12.0. The number of phenols is 2. The van der Waals surface area contributed by atoms with Gasteiger partial charge in [0.2, 0.25) is 11.7 Å². The lowest BCUT2D eigenvalue weighted by atomic mass is 9.70. The molecule has 0 radical (unpaired) electrons. The fourth-order valence-corrected chi connectivity index (χ4v) is 4.92. The fourth-order valence-electron chi connectivity index (χ4n) is 4.92. The smallest absolute Gasteiger partial charge is 0.246 e. The van der Waals surface area contributed by atoms with Gasteiger partial charge in [-0.1, -0.05) is 17.3 Å². The average Bonchev–Trinajstić information content (AvgIpc) is 3.49. The number of nitrogens with one attached hydrogen (secondary N) is 1. The van der Waals surface area contributed by atoms with Crippen LogP contribution in [0.25, 0.3) is 11.4 Å². The molecule has 39 heavy (non-hydrogen) atoms. The molecule has 3 N–H and O–H groups in total. The van der Waals surface area contributed by atoms with Gasteiger partial charge in [0, 0.05) is 17.3 Å². The van der Waals surface area contributed by atoms with Gasteiger partial charge in [0.05, 0.1) is 30.4 Å². The van der Waals surface area contributed by atoms with Crippen LogP contribution in [0.4, 0.5) is 0 Å². The van der Waals surface area contributed by atoms with Crippen LogP contribution in [0.1, 0.15) is 48.1 Å². The number of fused-ring (bicyclic) bond motifs is 3. The molecule has 0 unspecified atom stereocenters. The zero-order valence-electron chi connectivity index (χ0n) is 21.8. The Morgan fingerprint density at radius 2 is 1.87 bits per heavy atom. The molecule has 1 aliphatic heterocycles. The highest BCUT2D eigenvalue weighted by Gasteiger charge is 2.56. The van der Waals surface area contributed by atoms with E-state index < -0.39 is 28.5 Å². The molecule has 1 aliphatic carbocycles. The number of ketones is 3. The second-order valence-electron chi connectivity index (χ2n) is 9.45. The molecule has 0 saturated heterocycles. The van der Waals surface area contributed by atoms with E-state index in [1.165, 1.54) is 27.9 Å². The third-order valence-electron chi connectivity index (χ3n) is 7.08. The number of Topliss-reactive ketones (excluding diaryl/α,β-unsaturated/α-hetero) is 2. The fraction of sp³-hybridized carbons (Fsp3) is 0.250. The Hall–Kier alpha value is -4.93. The van der Waals surface area contributed by atoms with Crippen molar-refractivity contribution in [2.24, 2.45) is 0 Å². The van der Waals surface area contributed by atoms with Gasteiger partial charge >= 0.3 is 0 Å². The van der Waals surface area contributed by atoms with E-state index in [0.717, 1.165) is 6.08 Å². The SMILES string of the molecule is COc1ccccc1-c1noc(CN/C(C)=C2\C(=O)C=C3Oc4c(C(C)=O)c(O)c(C)c(O)c4[C@@]3(C)C2=O)n1. The van der Waals surface area contributed by atoms with Crippen molar-refractivity contribution in [2.75, 3.05) is 7.11 Å². The second kappa shape index (κ2) is 9.12. The van der Waals surface area contributed by atoms with E-state index in [1.807, 2.05) is 12.1 Å². The number of aromatic hydroxyl groups is 2. The zero-order valence-corrected chi connectivity index (χ0v) is 21.8. The number of benzene rings is 2. The van der Waals surface area contributed by atoms with Gasteiger partial charge in [0.15, 0.2) is 17.3 Å². The Balaban J connectivity index is 1.49. The third-order valence-corrected chi connectivity index (χ3v) is 7.08. The summed E-state index contributed by atoms with van der Waals surface area (Å²) in [7, 11) is 1.54. The lowest BCUT2D eigenvalue weighted by Crippen LogP contribution is -2.41. The molecule has 1 aromatic heterocycles. The minimum atomic E-state index is -1.60. The largest absolute Gasteiger partial charge is 0.507 e. The Morgan fingerprint density at radius 3 is 2.56 bits per heavy atom. The molecule has 5 rings (SSSR count). The van der Waals surface area contributed by atoms with Crippen LogP contribution in [-0.4, -0.2) is 44.8 Å². The molecule has 1 atom stereocenters. The number of hydrogen-bond donors (Lipinski definition) is 3. The minimum absolute atomic E-state index is 0.0190. The summed E-state index contributed by atoms with van der Waals surface area (Å²) in [4.78, 5) is 43.6. The van der Waals surface area contributed by atoms with Crippen LogP contribution in [0.2, 0.25) is 0 Å². The first-order valence-corrected chi connectivity index (χ1v) is 12.0. The summed E-state index contributed by atoms with van der Waals surface area (Å²) in [6.07, 6.45) is 1.16. The van der Waals surface area contributed by atoms with Crippen molar-refractivity contribution in [3.63, 3.8) is 0 Å². The first-order chi connectivity index (χ1) is 18.5. The number of ether oxygens (including phenoxy) is 2. The molecule has 0 fully saturated rings. The monoisotopic (exact) mass is 531 g/mol. The summed E-state index contributed by atoms with van der Waals surface area (Å²) in [5, 5.41) is 28.4. The molecule has 0 saturated carbocycles. The van der Waals surface area contributed by atoms with E-state index >= 15 is 0 Å². The van der Waals surface area contributed by atoms with E-state index in [2.05, 4.69) is 15.5 Å². The average molecular weight is 532 g/mol. The molecule has 11 heteroatoms. The Morgan fingerprint density at radius 1 is 1.15 bits per heavy atom. The summed E-state index contributed by atoms with van der Waals surface area (Å²) in [6.45, 7) is 5.74. The number of aromatic nitrogens is 2. The lowest BCUT2D eigenvalue weighted by Gasteiger charge is -2.29. The number of rotatable bonds is 6. The molecule has 2 aromatic carbocycles. The number of methoxy groups -OCH3 is 1. The summed E-state index contributed by atoms with van der Waals surface area (Å²) in [5.74, 6) is -1.68. The molecular formula is C28H25N3O8. The minimum Gasteiger partial charge on any atom is -0.507 e. The van der Waals surface area contributed by atoms with Crippen LogP contribution in [0, 0.1) is 6.92 Å². The highest BCUT2D eigenvalue weighted by Crippen LogP contribution is 2.57. The van der Waals surface area contributed by atoms with Gasteiger partial charge in [0.25, 0.3) is 0 Å². The van der Waals surface area contributed by atoms with Gasteiger partial charge < -0.3 is 29.5 Å². The predicted octanol–water partition coefficient (Wildman–Crippen LogP) is 3.42. The maximum Gasteiger partial charge on any atom is 0.246 e. The van der Waals surface area contributed by atoms with Gasteiger partial charge in [-0.2, -0.15) is 4.98 Å². The van der Waals surface area contributed by atoms with Crippen LogP contribution < -0.4 is 14.8 Å². The van der Waals surface area contributed by atoms with E-state index in [-0.39, 0.29) is 57.7 Å². The van der Waals surface area contributed by atoms with Crippen molar-refractivity contribution in [3.05, 3.63) is 70.0 Å².